The van der Waals surface area contributed by atoms with Gasteiger partial charge in [-0.1, -0.05) is 23.2 Å². The summed E-state index contributed by atoms with van der Waals surface area (Å²) in [6, 6.07) is 1.68. The normalized spacial score (nSPS) is 17.9. The van der Waals surface area contributed by atoms with Crippen LogP contribution >= 0.6 is 35.4 Å². The number of likely N-dealkylation sites (N-methyl/N-ethyl adjacent to an activating group) is 1. The fraction of sp³-hybridized carbons (Fsp3) is 0.500. The molecule has 0 spiro atoms. The Kier molecular flexibility index (Phi) is 4.01. The number of fused-ring (bicyclic) bond motifs is 1. The summed E-state index contributed by atoms with van der Waals surface area (Å²) in [7, 11) is 2.13. The first-order valence-corrected chi connectivity index (χ1v) is 7.56. The lowest BCUT2D eigenvalue weighted by atomic mass is 10.3. The number of hydrogen-bond donors (Lipinski definition) is 0. The van der Waals surface area contributed by atoms with E-state index in [9.17, 15) is 0 Å². The van der Waals surface area contributed by atoms with Crippen LogP contribution in [0.5, 0.6) is 0 Å². The summed E-state index contributed by atoms with van der Waals surface area (Å²) < 4.78 is 4.18. The number of nitrogens with zero attached hydrogens (tertiary/aromatic N) is 5. The molecule has 0 aliphatic carbocycles. The van der Waals surface area contributed by atoms with E-state index in [1.54, 1.807) is 21.3 Å². The third-order valence-electron chi connectivity index (χ3n) is 3.53. The highest BCUT2D eigenvalue weighted by atomic mass is 35.5. The number of pyridine rings is 1. The Bertz CT molecular complexity index is 687. The Morgan fingerprint density at radius 2 is 1.95 bits per heavy atom. The topological polar surface area (TPSA) is 28.7 Å². The third-order valence-corrected chi connectivity index (χ3v) is 4.42. The fourth-order valence-corrected chi connectivity index (χ4v) is 3.06. The van der Waals surface area contributed by atoms with Crippen LogP contribution in [0.2, 0.25) is 10.0 Å². The van der Waals surface area contributed by atoms with Crippen molar-refractivity contribution < 1.29 is 0 Å². The molecular weight excluding hydrogens is 317 g/mol. The van der Waals surface area contributed by atoms with Crippen molar-refractivity contribution in [3.63, 3.8) is 0 Å². The number of hydrogen-bond acceptors (Lipinski definition) is 4. The number of piperazine rings is 1. The van der Waals surface area contributed by atoms with Gasteiger partial charge >= 0.3 is 0 Å². The average Bonchev–Trinajstić information content (AvgIpc) is 2.71. The highest BCUT2D eigenvalue weighted by Gasteiger charge is 2.16. The van der Waals surface area contributed by atoms with Crippen LogP contribution in [0.3, 0.4) is 0 Å². The standard InChI is InChI=1S/C12H15Cl2N5S/c1-16-2-4-17(5-3-16)8-19-12(20)18-7-9(13)6-10(14)11(18)15-19/h6-7H,2-5,8H2,1H3. The Labute approximate surface area is 132 Å². The van der Waals surface area contributed by atoms with Gasteiger partial charge in [0.25, 0.3) is 0 Å². The highest BCUT2D eigenvalue weighted by molar-refractivity contribution is 7.71. The quantitative estimate of drug-likeness (QED) is 0.790. The molecule has 1 fully saturated rings. The van der Waals surface area contributed by atoms with E-state index in [2.05, 4.69) is 21.9 Å². The van der Waals surface area contributed by atoms with Crippen LogP contribution < -0.4 is 0 Å². The van der Waals surface area contributed by atoms with Gasteiger partial charge in [-0.3, -0.25) is 9.30 Å². The monoisotopic (exact) mass is 331 g/mol. The van der Waals surface area contributed by atoms with Gasteiger partial charge in [-0.05, 0) is 25.3 Å². The molecule has 2 aromatic rings. The number of aromatic nitrogens is 3. The molecule has 0 aromatic carbocycles. The minimum absolute atomic E-state index is 0.515. The Morgan fingerprint density at radius 3 is 2.65 bits per heavy atom. The molecule has 5 nitrogen and oxygen atoms in total. The molecule has 3 rings (SSSR count). The van der Waals surface area contributed by atoms with Crippen LogP contribution in [0.15, 0.2) is 12.3 Å². The van der Waals surface area contributed by atoms with Crippen LogP contribution in [-0.2, 0) is 6.67 Å². The van der Waals surface area contributed by atoms with Crippen molar-refractivity contribution in [2.24, 2.45) is 0 Å². The molecule has 0 bridgehead atoms. The van der Waals surface area contributed by atoms with E-state index in [1.165, 1.54) is 0 Å². The summed E-state index contributed by atoms with van der Waals surface area (Å²) in [6.45, 7) is 4.84. The first-order valence-electron chi connectivity index (χ1n) is 6.40. The molecule has 0 radical (unpaired) electrons. The lowest BCUT2D eigenvalue weighted by Crippen LogP contribution is -2.45. The van der Waals surface area contributed by atoms with Gasteiger partial charge in [-0.15, -0.1) is 5.10 Å². The molecule has 1 saturated heterocycles. The molecule has 108 valence electrons. The van der Waals surface area contributed by atoms with Crippen LogP contribution in [0.4, 0.5) is 0 Å². The van der Waals surface area contributed by atoms with E-state index < -0.39 is 0 Å². The van der Waals surface area contributed by atoms with E-state index in [1.807, 2.05) is 0 Å². The van der Waals surface area contributed by atoms with Gasteiger partial charge in [0, 0.05) is 32.4 Å². The average molecular weight is 332 g/mol. The zero-order chi connectivity index (χ0) is 14.3. The van der Waals surface area contributed by atoms with Crippen molar-refractivity contribution >= 4 is 41.1 Å². The van der Waals surface area contributed by atoms with Crippen molar-refractivity contribution in [2.45, 2.75) is 6.67 Å². The summed E-state index contributed by atoms with van der Waals surface area (Å²) in [5.74, 6) is 0. The van der Waals surface area contributed by atoms with Crippen LogP contribution in [-0.4, -0.2) is 57.2 Å². The molecule has 0 saturated carbocycles. The summed E-state index contributed by atoms with van der Waals surface area (Å²) in [6.07, 6.45) is 1.75. The third kappa shape index (κ3) is 2.71. The predicted molar refractivity (Wildman–Crippen MR) is 83.1 cm³/mol. The molecule has 1 aliphatic heterocycles. The van der Waals surface area contributed by atoms with Crippen LogP contribution in [0.25, 0.3) is 5.65 Å². The van der Waals surface area contributed by atoms with Gasteiger partial charge in [-0.2, -0.15) is 0 Å². The maximum atomic E-state index is 6.16. The maximum absolute atomic E-state index is 6.16. The largest absolute Gasteiger partial charge is 0.304 e. The summed E-state index contributed by atoms with van der Waals surface area (Å²) in [5, 5.41) is 5.56. The molecule has 0 atom stereocenters. The van der Waals surface area contributed by atoms with Crippen molar-refractivity contribution in [3.8, 4) is 0 Å². The van der Waals surface area contributed by atoms with E-state index in [0.29, 0.717) is 27.1 Å². The van der Waals surface area contributed by atoms with Gasteiger partial charge in [0.05, 0.1) is 16.7 Å². The Morgan fingerprint density at radius 1 is 1.25 bits per heavy atom. The minimum atomic E-state index is 0.515. The Hall–Kier alpha value is -0.660. The van der Waals surface area contributed by atoms with Gasteiger partial charge in [-0.25, -0.2) is 4.68 Å². The minimum Gasteiger partial charge on any atom is -0.304 e. The first kappa shape index (κ1) is 14.3. The first-order chi connectivity index (χ1) is 9.54. The summed E-state index contributed by atoms with van der Waals surface area (Å²) >= 11 is 17.6. The molecule has 3 heterocycles. The summed E-state index contributed by atoms with van der Waals surface area (Å²) in [5.41, 5.74) is 0.648. The van der Waals surface area contributed by atoms with Crippen LogP contribution in [0, 0.1) is 4.77 Å². The molecule has 0 N–H and O–H groups in total. The smallest absolute Gasteiger partial charge is 0.203 e. The second-order valence-electron chi connectivity index (χ2n) is 5.04. The number of rotatable bonds is 2. The molecular formula is C12H15Cl2N5S. The molecule has 20 heavy (non-hydrogen) atoms. The SMILES string of the molecule is CN1CCN(Cn2nc3c(Cl)cc(Cl)cn3c2=S)CC1. The molecule has 1 aliphatic rings. The molecule has 0 unspecified atom stereocenters. The fourth-order valence-electron chi connectivity index (χ4n) is 2.32. The van der Waals surface area contributed by atoms with E-state index in [0.717, 1.165) is 26.2 Å². The van der Waals surface area contributed by atoms with Crippen molar-refractivity contribution in [3.05, 3.63) is 27.1 Å². The van der Waals surface area contributed by atoms with E-state index in [4.69, 9.17) is 35.4 Å². The van der Waals surface area contributed by atoms with E-state index >= 15 is 0 Å². The maximum Gasteiger partial charge on any atom is 0.203 e. The second kappa shape index (κ2) is 5.61. The van der Waals surface area contributed by atoms with Gasteiger partial charge in [0.15, 0.2) is 5.65 Å². The van der Waals surface area contributed by atoms with Crippen molar-refractivity contribution in [2.75, 3.05) is 33.2 Å². The van der Waals surface area contributed by atoms with Gasteiger partial charge in [0.1, 0.15) is 0 Å². The zero-order valence-electron chi connectivity index (χ0n) is 11.1. The predicted octanol–water partition coefficient (Wildman–Crippen LogP) is 2.38. The molecule has 0 amide bonds. The lowest BCUT2D eigenvalue weighted by molar-refractivity contribution is 0.119. The van der Waals surface area contributed by atoms with Gasteiger partial charge in [0.2, 0.25) is 4.77 Å². The van der Waals surface area contributed by atoms with Gasteiger partial charge < -0.3 is 4.90 Å². The van der Waals surface area contributed by atoms with Crippen LogP contribution in [0.1, 0.15) is 0 Å². The zero-order valence-corrected chi connectivity index (χ0v) is 13.4. The molecule has 2 aromatic heterocycles. The van der Waals surface area contributed by atoms with E-state index in [-0.39, 0.29) is 0 Å². The lowest BCUT2D eigenvalue weighted by Gasteiger charge is -2.31. The van der Waals surface area contributed by atoms with Crippen molar-refractivity contribution in [1.82, 2.24) is 24.0 Å². The highest BCUT2D eigenvalue weighted by Crippen LogP contribution is 2.21. The number of halogens is 2. The molecule has 8 heteroatoms. The summed E-state index contributed by atoms with van der Waals surface area (Å²) in [4.78, 5) is 4.65. The van der Waals surface area contributed by atoms with Crippen molar-refractivity contribution in [1.29, 1.82) is 0 Å². The Balaban J connectivity index is 1.91. The second-order valence-corrected chi connectivity index (χ2v) is 6.25.